The molecule has 0 N–H and O–H groups in total. The van der Waals surface area contributed by atoms with Crippen molar-refractivity contribution < 1.29 is 9.53 Å². The molecule has 4 nitrogen and oxygen atoms in total. The Morgan fingerprint density at radius 1 is 1.43 bits per heavy atom. The van der Waals surface area contributed by atoms with Crippen LogP contribution in [0.4, 0.5) is 0 Å². The predicted octanol–water partition coefficient (Wildman–Crippen LogP) is 4.04. The maximum atomic E-state index is 12.7. The average molecular weight is 392 g/mol. The van der Waals surface area contributed by atoms with E-state index in [0.717, 1.165) is 0 Å². The lowest BCUT2D eigenvalue weighted by molar-refractivity contribution is 0.103. The van der Waals surface area contributed by atoms with Crippen LogP contribution in [0.15, 0.2) is 18.2 Å². The van der Waals surface area contributed by atoms with Crippen molar-refractivity contribution in [1.82, 2.24) is 9.78 Å². The number of carbonyl (C=O) groups excluding carboxylic acids is 1. The summed E-state index contributed by atoms with van der Waals surface area (Å²) in [5.74, 6) is 0.204. The molecule has 0 bridgehead atoms. The molecule has 21 heavy (non-hydrogen) atoms. The van der Waals surface area contributed by atoms with E-state index in [1.54, 1.807) is 36.9 Å². The first kappa shape index (κ1) is 16.3. The normalized spacial score (nSPS) is 10.7. The lowest BCUT2D eigenvalue weighted by Gasteiger charge is -2.08. The molecule has 0 spiro atoms. The minimum atomic E-state index is -0.230. The van der Waals surface area contributed by atoms with Crippen LogP contribution in [-0.4, -0.2) is 27.5 Å². The fraction of sp³-hybridized carbons (Fsp3) is 0.286. The summed E-state index contributed by atoms with van der Waals surface area (Å²) >= 11 is 15.3. The van der Waals surface area contributed by atoms with E-state index in [-0.39, 0.29) is 5.78 Å². The van der Waals surface area contributed by atoms with Gasteiger partial charge in [0.05, 0.1) is 17.3 Å². The second-order valence-electron chi connectivity index (χ2n) is 4.38. The Bertz CT molecular complexity index is 686. The summed E-state index contributed by atoms with van der Waals surface area (Å²) in [7, 11) is 1.73. The topological polar surface area (TPSA) is 44.1 Å². The lowest BCUT2D eigenvalue weighted by Crippen LogP contribution is -2.09. The summed E-state index contributed by atoms with van der Waals surface area (Å²) in [5, 5.41) is 5.69. The van der Waals surface area contributed by atoms with Crippen molar-refractivity contribution in [3.8, 4) is 5.88 Å². The van der Waals surface area contributed by atoms with E-state index in [1.807, 2.05) is 0 Å². The molecule has 0 saturated carbocycles. The predicted molar refractivity (Wildman–Crippen MR) is 87.1 cm³/mol. The van der Waals surface area contributed by atoms with E-state index in [1.165, 1.54) is 0 Å². The zero-order valence-electron chi connectivity index (χ0n) is 11.5. The van der Waals surface area contributed by atoms with Gasteiger partial charge in [-0.1, -0.05) is 39.1 Å². The highest BCUT2D eigenvalue weighted by Crippen LogP contribution is 2.29. The Morgan fingerprint density at radius 3 is 2.76 bits per heavy atom. The summed E-state index contributed by atoms with van der Waals surface area (Å²) < 4.78 is 7.16. The van der Waals surface area contributed by atoms with Crippen LogP contribution >= 0.6 is 39.1 Å². The minimum Gasteiger partial charge on any atom is -0.476 e. The van der Waals surface area contributed by atoms with Gasteiger partial charge in [0.2, 0.25) is 11.7 Å². The minimum absolute atomic E-state index is 0.230. The van der Waals surface area contributed by atoms with E-state index in [0.29, 0.717) is 44.7 Å². The first-order chi connectivity index (χ1) is 9.95. The van der Waals surface area contributed by atoms with Gasteiger partial charge in [-0.3, -0.25) is 4.79 Å². The van der Waals surface area contributed by atoms with Crippen molar-refractivity contribution in [2.75, 3.05) is 11.9 Å². The summed E-state index contributed by atoms with van der Waals surface area (Å²) in [6, 6.07) is 4.78. The molecule has 1 heterocycles. The number of halogens is 3. The molecule has 0 saturated heterocycles. The molecule has 0 unspecified atom stereocenters. The summed E-state index contributed by atoms with van der Waals surface area (Å²) in [4.78, 5) is 12.7. The Labute approximate surface area is 141 Å². The zero-order chi connectivity index (χ0) is 15.6. The second kappa shape index (κ2) is 6.81. The molecule has 0 aliphatic heterocycles. The van der Waals surface area contributed by atoms with Crippen LogP contribution < -0.4 is 4.74 Å². The summed E-state index contributed by atoms with van der Waals surface area (Å²) in [6.45, 7) is 2.20. The van der Waals surface area contributed by atoms with Crippen molar-refractivity contribution in [2.24, 2.45) is 7.05 Å². The molecule has 112 valence electrons. The van der Waals surface area contributed by atoms with E-state index in [2.05, 4.69) is 21.0 Å². The first-order valence-electron chi connectivity index (χ1n) is 6.17. The number of ether oxygens (including phenoxy) is 1. The third-order valence-corrected chi connectivity index (χ3v) is 3.76. The highest BCUT2D eigenvalue weighted by molar-refractivity contribution is 9.09. The highest BCUT2D eigenvalue weighted by atomic mass is 79.9. The fourth-order valence-electron chi connectivity index (χ4n) is 2.01. The standard InChI is InChI=1S/C14H13BrCl2N2O2/c1-8-12(14(19(2)18-8)21-6-5-15)13(20)10-4-3-9(16)7-11(10)17/h3-4,7H,5-6H2,1-2H3. The van der Waals surface area contributed by atoms with Gasteiger partial charge < -0.3 is 4.74 Å². The van der Waals surface area contributed by atoms with Gasteiger partial charge in [0.15, 0.2) is 0 Å². The Hall–Kier alpha value is -1.04. The number of ketones is 1. The van der Waals surface area contributed by atoms with Gasteiger partial charge in [0, 0.05) is 23.0 Å². The molecule has 0 fully saturated rings. The molecule has 0 amide bonds. The van der Waals surface area contributed by atoms with Crippen molar-refractivity contribution >= 4 is 44.9 Å². The van der Waals surface area contributed by atoms with Crippen molar-refractivity contribution in [1.29, 1.82) is 0 Å². The second-order valence-corrected chi connectivity index (χ2v) is 6.02. The van der Waals surface area contributed by atoms with Gasteiger partial charge in [-0.2, -0.15) is 5.10 Å². The summed E-state index contributed by atoms with van der Waals surface area (Å²) in [6.07, 6.45) is 0. The molecule has 0 aliphatic rings. The molecule has 2 aromatic rings. The summed E-state index contributed by atoms with van der Waals surface area (Å²) in [5.41, 5.74) is 1.39. The SMILES string of the molecule is Cc1nn(C)c(OCCBr)c1C(=O)c1ccc(Cl)cc1Cl. The van der Waals surface area contributed by atoms with Gasteiger partial charge in [-0.25, -0.2) is 4.68 Å². The number of nitrogens with zero attached hydrogens (tertiary/aromatic N) is 2. The number of rotatable bonds is 5. The number of hydrogen-bond acceptors (Lipinski definition) is 3. The van der Waals surface area contributed by atoms with Crippen LogP contribution in [0.2, 0.25) is 10.0 Å². The molecule has 0 atom stereocenters. The molecule has 7 heteroatoms. The maximum absolute atomic E-state index is 12.7. The maximum Gasteiger partial charge on any atom is 0.223 e. The molecule has 0 aliphatic carbocycles. The van der Waals surface area contributed by atoms with Gasteiger partial charge in [-0.15, -0.1) is 0 Å². The molecular formula is C14H13BrCl2N2O2. The van der Waals surface area contributed by atoms with Crippen LogP contribution in [0, 0.1) is 6.92 Å². The number of aryl methyl sites for hydroxylation is 2. The lowest BCUT2D eigenvalue weighted by atomic mass is 10.0. The van der Waals surface area contributed by atoms with Gasteiger partial charge >= 0.3 is 0 Å². The molecule has 1 aromatic heterocycles. The van der Waals surface area contributed by atoms with Crippen LogP contribution in [0.25, 0.3) is 0 Å². The Balaban J connectivity index is 2.47. The Kier molecular flexibility index (Phi) is 5.30. The molecular weight excluding hydrogens is 379 g/mol. The van der Waals surface area contributed by atoms with Gasteiger partial charge in [0.25, 0.3) is 0 Å². The number of carbonyl (C=O) groups is 1. The molecule has 0 radical (unpaired) electrons. The largest absolute Gasteiger partial charge is 0.476 e. The van der Waals surface area contributed by atoms with Gasteiger partial charge in [-0.05, 0) is 25.1 Å². The number of alkyl halides is 1. The molecule has 1 aromatic carbocycles. The third kappa shape index (κ3) is 3.42. The van der Waals surface area contributed by atoms with Crippen LogP contribution in [0.3, 0.4) is 0 Å². The average Bonchev–Trinajstić information content (AvgIpc) is 2.70. The third-order valence-electron chi connectivity index (χ3n) is 2.89. The van der Waals surface area contributed by atoms with Crippen molar-refractivity contribution in [2.45, 2.75) is 6.92 Å². The fourth-order valence-corrected chi connectivity index (χ4v) is 2.66. The number of hydrogen-bond donors (Lipinski definition) is 0. The van der Waals surface area contributed by atoms with E-state index in [9.17, 15) is 4.79 Å². The van der Waals surface area contributed by atoms with Gasteiger partial charge in [0.1, 0.15) is 5.56 Å². The van der Waals surface area contributed by atoms with E-state index < -0.39 is 0 Å². The van der Waals surface area contributed by atoms with E-state index >= 15 is 0 Å². The monoisotopic (exact) mass is 390 g/mol. The smallest absolute Gasteiger partial charge is 0.223 e. The first-order valence-corrected chi connectivity index (χ1v) is 8.05. The number of benzene rings is 1. The van der Waals surface area contributed by atoms with Crippen LogP contribution in [-0.2, 0) is 7.05 Å². The Morgan fingerprint density at radius 2 is 2.14 bits per heavy atom. The number of aromatic nitrogens is 2. The van der Waals surface area contributed by atoms with E-state index in [4.69, 9.17) is 27.9 Å². The van der Waals surface area contributed by atoms with Crippen LogP contribution in [0.5, 0.6) is 5.88 Å². The van der Waals surface area contributed by atoms with Crippen molar-refractivity contribution in [3.63, 3.8) is 0 Å². The van der Waals surface area contributed by atoms with Crippen LogP contribution in [0.1, 0.15) is 21.6 Å². The molecule has 2 rings (SSSR count). The highest BCUT2D eigenvalue weighted by Gasteiger charge is 2.24. The quantitative estimate of drug-likeness (QED) is 0.570. The zero-order valence-corrected chi connectivity index (χ0v) is 14.6. The van der Waals surface area contributed by atoms with Crippen molar-refractivity contribution in [3.05, 3.63) is 45.1 Å².